The molecule has 4 nitrogen and oxygen atoms in total. The zero-order valence-electron chi connectivity index (χ0n) is 10.9. The molecule has 0 aromatic rings. The lowest BCUT2D eigenvalue weighted by atomic mass is 10.1. The SMILES string of the molecule is O=C1C2CCCN2C(=O)CCN1CC1CCCC1. The van der Waals surface area contributed by atoms with Crippen LogP contribution >= 0.6 is 0 Å². The highest BCUT2D eigenvalue weighted by atomic mass is 16.2. The Morgan fingerprint density at radius 2 is 1.78 bits per heavy atom. The van der Waals surface area contributed by atoms with Crippen molar-refractivity contribution in [2.24, 2.45) is 5.92 Å². The second kappa shape index (κ2) is 4.90. The van der Waals surface area contributed by atoms with Gasteiger partial charge in [0.2, 0.25) is 11.8 Å². The van der Waals surface area contributed by atoms with Crippen molar-refractivity contribution in [2.45, 2.75) is 51.0 Å². The maximum absolute atomic E-state index is 12.5. The fraction of sp³-hybridized carbons (Fsp3) is 0.857. The summed E-state index contributed by atoms with van der Waals surface area (Å²) in [4.78, 5) is 28.3. The minimum absolute atomic E-state index is 0.138. The Morgan fingerprint density at radius 3 is 2.56 bits per heavy atom. The van der Waals surface area contributed by atoms with E-state index in [2.05, 4.69) is 0 Å². The number of rotatable bonds is 2. The predicted octanol–water partition coefficient (Wildman–Crippen LogP) is 1.40. The lowest BCUT2D eigenvalue weighted by molar-refractivity contribution is -0.139. The number of carbonyl (C=O) groups is 2. The van der Waals surface area contributed by atoms with E-state index in [1.54, 1.807) is 0 Å². The smallest absolute Gasteiger partial charge is 0.245 e. The highest BCUT2D eigenvalue weighted by molar-refractivity contribution is 5.90. The van der Waals surface area contributed by atoms with Gasteiger partial charge in [-0.25, -0.2) is 0 Å². The van der Waals surface area contributed by atoms with Gasteiger partial charge in [-0.2, -0.15) is 0 Å². The third-order valence-electron chi connectivity index (χ3n) is 4.72. The first-order valence-electron chi connectivity index (χ1n) is 7.34. The highest BCUT2D eigenvalue weighted by Gasteiger charge is 2.39. The van der Waals surface area contributed by atoms with Crippen molar-refractivity contribution in [2.75, 3.05) is 19.6 Å². The Labute approximate surface area is 108 Å². The molecule has 3 fully saturated rings. The van der Waals surface area contributed by atoms with E-state index in [-0.39, 0.29) is 17.9 Å². The van der Waals surface area contributed by atoms with Crippen molar-refractivity contribution in [1.82, 2.24) is 9.80 Å². The van der Waals surface area contributed by atoms with Crippen molar-refractivity contribution >= 4 is 11.8 Å². The van der Waals surface area contributed by atoms with Crippen LogP contribution in [0.2, 0.25) is 0 Å². The second-order valence-electron chi connectivity index (χ2n) is 5.93. The fourth-order valence-corrected chi connectivity index (χ4v) is 3.70. The molecule has 0 bridgehead atoms. The van der Waals surface area contributed by atoms with E-state index in [0.717, 1.165) is 25.9 Å². The maximum Gasteiger partial charge on any atom is 0.245 e. The lowest BCUT2D eigenvalue weighted by Crippen LogP contribution is -2.44. The monoisotopic (exact) mass is 250 g/mol. The molecule has 1 saturated carbocycles. The van der Waals surface area contributed by atoms with Gasteiger partial charge in [-0.05, 0) is 31.6 Å². The molecule has 0 N–H and O–H groups in total. The van der Waals surface area contributed by atoms with Crippen LogP contribution in [0.1, 0.15) is 44.9 Å². The Balaban J connectivity index is 1.70. The summed E-state index contributed by atoms with van der Waals surface area (Å²) in [6.07, 6.45) is 7.50. The molecule has 3 rings (SSSR count). The molecule has 1 aliphatic carbocycles. The lowest BCUT2D eigenvalue weighted by Gasteiger charge is -2.27. The van der Waals surface area contributed by atoms with Crippen LogP contribution in [0.15, 0.2) is 0 Å². The van der Waals surface area contributed by atoms with E-state index >= 15 is 0 Å². The van der Waals surface area contributed by atoms with Gasteiger partial charge in [0.05, 0.1) is 0 Å². The van der Waals surface area contributed by atoms with E-state index in [9.17, 15) is 9.59 Å². The van der Waals surface area contributed by atoms with Crippen LogP contribution in [0, 0.1) is 5.92 Å². The first kappa shape index (κ1) is 12.0. The molecular formula is C14H22N2O2. The molecule has 1 unspecified atom stereocenters. The number of amides is 2. The van der Waals surface area contributed by atoms with E-state index in [1.807, 2.05) is 9.80 Å². The molecule has 2 aliphatic heterocycles. The summed E-state index contributed by atoms with van der Waals surface area (Å²) in [6.45, 7) is 2.31. The first-order chi connectivity index (χ1) is 8.75. The minimum atomic E-state index is -0.138. The van der Waals surface area contributed by atoms with Crippen molar-refractivity contribution in [1.29, 1.82) is 0 Å². The van der Waals surface area contributed by atoms with E-state index < -0.39 is 0 Å². The Hall–Kier alpha value is -1.06. The molecule has 2 heterocycles. The summed E-state index contributed by atoms with van der Waals surface area (Å²) in [7, 11) is 0. The van der Waals surface area contributed by atoms with Gasteiger partial charge in [0.15, 0.2) is 0 Å². The summed E-state index contributed by atoms with van der Waals surface area (Å²) in [5.74, 6) is 1.07. The third kappa shape index (κ3) is 2.13. The van der Waals surface area contributed by atoms with Crippen LogP contribution in [-0.2, 0) is 9.59 Å². The molecule has 0 spiro atoms. The number of hydrogen-bond acceptors (Lipinski definition) is 2. The average molecular weight is 250 g/mol. The molecule has 4 heteroatoms. The molecule has 0 aromatic heterocycles. The fourth-order valence-electron chi connectivity index (χ4n) is 3.70. The van der Waals surface area contributed by atoms with Crippen molar-refractivity contribution in [3.05, 3.63) is 0 Å². The van der Waals surface area contributed by atoms with Crippen molar-refractivity contribution in [3.63, 3.8) is 0 Å². The summed E-state index contributed by atoms with van der Waals surface area (Å²) in [6, 6.07) is -0.138. The number of nitrogens with zero attached hydrogens (tertiary/aromatic N) is 2. The summed E-state index contributed by atoms with van der Waals surface area (Å²) < 4.78 is 0. The van der Waals surface area contributed by atoms with E-state index in [1.165, 1.54) is 25.7 Å². The van der Waals surface area contributed by atoms with Crippen molar-refractivity contribution < 1.29 is 9.59 Å². The Morgan fingerprint density at radius 1 is 1.00 bits per heavy atom. The summed E-state index contributed by atoms with van der Waals surface area (Å²) in [5.41, 5.74) is 0. The zero-order chi connectivity index (χ0) is 12.5. The molecule has 2 saturated heterocycles. The normalized spacial score (nSPS) is 29.9. The van der Waals surface area contributed by atoms with Gasteiger partial charge < -0.3 is 9.80 Å². The Kier molecular flexibility index (Phi) is 3.27. The molecular weight excluding hydrogens is 228 g/mol. The molecule has 2 amide bonds. The number of hydrogen-bond donors (Lipinski definition) is 0. The van der Waals surface area contributed by atoms with Crippen LogP contribution in [0.25, 0.3) is 0 Å². The van der Waals surface area contributed by atoms with E-state index in [0.29, 0.717) is 18.9 Å². The molecule has 0 aromatic carbocycles. The zero-order valence-corrected chi connectivity index (χ0v) is 10.9. The van der Waals surface area contributed by atoms with E-state index in [4.69, 9.17) is 0 Å². The van der Waals surface area contributed by atoms with Gasteiger partial charge >= 0.3 is 0 Å². The van der Waals surface area contributed by atoms with Gasteiger partial charge in [0.1, 0.15) is 6.04 Å². The average Bonchev–Trinajstić information content (AvgIpc) is 3.01. The van der Waals surface area contributed by atoms with Crippen LogP contribution in [0.4, 0.5) is 0 Å². The number of fused-ring (bicyclic) bond motifs is 1. The third-order valence-corrected chi connectivity index (χ3v) is 4.72. The first-order valence-corrected chi connectivity index (χ1v) is 7.34. The molecule has 18 heavy (non-hydrogen) atoms. The van der Waals surface area contributed by atoms with Gasteiger partial charge in [0.25, 0.3) is 0 Å². The molecule has 1 atom stereocenters. The molecule has 100 valence electrons. The van der Waals surface area contributed by atoms with Crippen LogP contribution < -0.4 is 0 Å². The van der Waals surface area contributed by atoms with Crippen LogP contribution in [0.5, 0.6) is 0 Å². The molecule has 0 radical (unpaired) electrons. The van der Waals surface area contributed by atoms with Gasteiger partial charge in [-0.3, -0.25) is 9.59 Å². The van der Waals surface area contributed by atoms with Crippen LogP contribution in [-0.4, -0.2) is 47.3 Å². The minimum Gasteiger partial charge on any atom is -0.340 e. The standard InChI is InChI=1S/C14H22N2O2/c17-13-7-9-15(10-11-4-1-2-5-11)14(18)12-6-3-8-16(12)13/h11-12H,1-10H2. The summed E-state index contributed by atoms with van der Waals surface area (Å²) in [5, 5.41) is 0. The van der Waals surface area contributed by atoms with Gasteiger partial charge in [-0.1, -0.05) is 12.8 Å². The van der Waals surface area contributed by atoms with Crippen LogP contribution in [0.3, 0.4) is 0 Å². The quantitative estimate of drug-likeness (QED) is 0.743. The topological polar surface area (TPSA) is 40.6 Å². The second-order valence-corrected chi connectivity index (χ2v) is 5.93. The van der Waals surface area contributed by atoms with Gasteiger partial charge in [0, 0.05) is 26.1 Å². The Bertz CT molecular complexity index is 350. The predicted molar refractivity (Wildman–Crippen MR) is 67.9 cm³/mol. The largest absolute Gasteiger partial charge is 0.340 e. The molecule has 3 aliphatic rings. The number of carbonyl (C=O) groups excluding carboxylic acids is 2. The highest BCUT2D eigenvalue weighted by Crippen LogP contribution is 2.28. The maximum atomic E-state index is 12.5. The van der Waals surface area contributed by atoms with Crippen molar-refractivity contribution in [3.8, 4) is 0 Å². The summed E-state index contributed by atoms with van der Waals surface area (Å²) >= 11 is 0. The van der Waals surface area contributed by atoms with Gasteiger partial charge in [-0.15, -0.1) is 0 Å².